The smallest absolute Gasteiger partial charge is 0.337 e. The Labute approximate surface area is 110 Å². The molecule has 2 rings (SSSR count). The van der Waals surface area contributed by atoms with Crippen LogP contribution in [0.1, 0.15) is 34.8 Å². The first kappa shape index (κ1) is 13.0. The standard InChI is InChI=1S/C12H15N5O2/c1-7-9(12(18)19)4-5-10(14-7)15-8(2)11-16-13-6-17(11)3/h4-6,8H,1-3H3,(H,14,15)(H,18,19). The van der Waals surface area contributed by atoms with Crippen molar-refractivity contribution in [3.05, 3.63) is 35.5 Å². The molecule has 0 spiro atoms. The molecule has 2 N–H and O–H groups in total. The lowest BCUT2D eigenvalue weighted by Gasteiger charge is -2.14. The van der Waals surface area contributed by atoms with Crippen LogP contribution in [0.15, 0.2) is 18.5 Å². The molecule has 7 heteroatoms. The van der Waals surface area contributed by atoms with Crippen molar-refractivity contribution in [1.29, 1.82) is 0 Å². The van der Waals surface area contributed by atoms with Gasteiger partial charge in [-0.15, -0.1) is 10.2 Å². The van der Waals surface area contributed by atoms with Gasteiger partial charge in [-0.3, -0.25) is 0 Å². The van der Waals surface area contributed by atoms with Gasteiger partial charge in [0.15, 0.2) is 5.82 Å². The van der Waals surface area contributed by atoms with E-state index in [2.05, 4.69) is 20.5 Å². The molecule has 100 valence electrons. The third-order valence-electron chi connectivity index (χ3n) is 2.81. The summed E-state index contributed by atoms with van der Waals surface area (Å²) in [5, 5.41) is 19.9. The van der Waals surface area contributed by atoms with E-state index in [1.54, 1.807) is 19.3 Å². The van der Waals surface area contributed by atoms with Crippen molar-refractivity contribution in [2.45, 2.75) is 19.9 Å². The number of anilines is 1. The molecule has 0 bridgehead atoms. The van der Waals surface area contributed by atoms with Crippen LogP contribution in [-0.2, 0) is 7.05 Å². The van der Waals surface area contributed by atoms with Crippen molar-refractivity contribution in [3.63, 3.8) is 0 Å². The van der Waals surface area contributed by atoms with Crippen LogP contribution >= 0.6 is 0 Å². The molecule has 0 aliphatic rings. The van der Waals surface area contributed by atoms with E-state index in [0.29, 0.717) is 11.5 Å². The van der Waals surface area contributed by atoms with Gasteiger partial charge in [0.05, 0.1) is 17.3 Å². The number of carbonyl (C=O) groups is 1. The number of aryl methyl sites for hydroxylation is 2. The molecule has 0 aromatic carbocycles. The van der Waals surface area contributed by atoms with Crippen LogP contribution in [-0.4, -0.2) is 30.8 Å². The molecule has 0 radical (unpaired) electrons. The van der Waals surface area contributed by atoms with Crippen LogP contribution in [0.5, 0.6) is 0 Å². The molecular formula is C12H15N5O2. The van der Waals surface area contributed by atoms with Crippen molar-refractivity contribution in [3.8, 4) is 0 Å². The SMILES string of the molecule is Cc1nc(NC(C)c2nncn2C)ccc1C(=O)O. The summed E-state index contributed by atoms with van der Waals surface area (Å²) >= 11 is 0. The first-order valence-electron chi connectivity index (χ1n) is 5.80. The number of hydrogen-bond acceptors (Lipinski definition) is 5. The van der Waals surface area contributed by atoms with E-state index >= 15 is 0 Å². The van der Waals surface area contributed by atoms with Crippen molar-refractivity contribution in [2.75, 3.05) is 5.32 Å². The number of rotatable bonds is 4. The van der Waals surface area contributed by atoms with E-state index in [1.807, 2.05) is 18.5 Å². The van der Waals surface area contributed by atoms with Crippen LogP contribution in [0.4, 0.5) is 5.82 Å². The largest absolute Gasteiger partial charge is 0.478 e. The fraction of sp³-hybridized carbons (Fsp3) is 0.333. The lowest BCUT2D eigenvalue weighted by atomic mass is 10.2. The number of hydrogen-bond donors (Lipinski definition) is 2. The summed E-state index contributed by atoms with van der Waals surface area (Å²) in [5.41, 5.74) is 0.680. The minimum absolute atomic E-state index is 0.0740. The summed E-state index contributed by atoms with van der Waals surface area (Å²) < 4.78 is 1.82. The summed E-state index contributed by atoms with van der Waals surface area (Å²) in [5.74, 6) is 0.415. The Hall–Kier alpha value is -2.44. The first-order chi connectivity index (χ1) is 8.99. The van der Waals surface area contributed by atoms with Gasteiger partial charge in [-0.05, 0) is 26.0 Å². The van der Waals surface area contributed by atoms with E-state index in [0.717, 1.165) is 5.82 Å². The zero-order chi connectivity index (χ0) is 14.0. The summed E-state index contributed by atoms with van der Waals surface area (Å²) in [4.78, 5) is 15.1. The van der Waals surface area contributed by atoms with Gasteiger partial charge in [0, 0.05) is 7.05 Å². The first-order valence-corrected chi connectivity index (χ1v) is 5.80. The quantitative estimate of drug-likeness (QED) is 0.864. The molecule has 0 amide bonds. The van der Waals surface area contributed by atoms with E-state index < -0.39 is 5.97 Å². The maximum atomic E-state index is 10.9. The Balaban J connectivity index is 2.18. The second-order valence-electron chi connectivity index (χ2n) is 4.30. The minimum atomic E-state index is -0.974. The van der Waals surface area contributed by atoms with E-state index in [-0.39, 0.29) is 11.6 Å². The maximum Gasteiger partial charge on any atom is 0.337 e. The van der Waals surface area contributed by atoms with Gasteiger partial charge < -0.3 is 15.0 Å². The zero-order valence-corrected chi connectivity index (χ0v) is 11.0. The number of nitrogens with one attached hydrogen (secondary N) is 1. The fourth-order valence-electron chi connectivity index (χ4n) is 1.84. The molecule has 7 nitrogen and oxygen atoms in total. The molecule has 1 atom stereocenters. The van der Waals surface area contributed by atoms with E-state index in [1.165, 1.54) is 6.07 Å². The second kappa shape index (κ2) is 5.05. The molecular weight excluding hydrogens is 246 g/mol. The van der Waals surface area contributed by atoms with Crippen molar-refractivity contribution >= 4 is 11.8 Å². The van der Waals surface area contributed by atoms with E-state index in [9.17, 15) is 4.79 Å². The summed E-state index contributed by atoms with van der Waals surface area (Å²) in [6.45, 7) is 3.60. The molecule has 0 aliphatic heterocycles. The number of aromatic nitrogens is 4. The highest BCUT2D eigenvalue weighted by Gasteiger charge is 2.13. The molecule has 2 heterocycles. The Bertz CT molecular complexity index is 608. The van der Waals surface area contributed by atoms with Gasteiger partial charge in [0.2, 0.25) is 0 Å². The lowest BCUT2D eigenvalue weighted by Crippen LogP contribution is -2.13. The van der Waals surface area contributed by atoms with Gasteiger partial charge in [0.1, 0.15) is 12.1 Å². The summed E-state index contributed by atoms with van der Waals surface area (Å²) in [6, 6.07) is 3.11. The molecule has 0 fully saturated rings. The summed E-state index contributed by atoms with van der Waals surface area (Å²) in [6.07, 6.45) is 1.62. The third kappa shape index (κ3) is 2.70. The monoisotopic (exact) mass is 261 g/mol. The number of carboxylic acid groups (broad SMARTS) is 1. The van der Waals surface area contributed by atoms with Gasteiger partial charge in [0.25, 0.3) is 0 Å². The summed E-state index contributed by atoms with van der Waals surface area (Å²) in [7, 11) is 1.86. The molecule has 1 unspecified atom stereocenters. The second-order valence-corrected chi connectivity index (χ2v) is 4.30. The minimum Gasteiger partial charge on any atom is -0.478 e. The third-order valence-corrected chi connectivity index (χ3v) is 2.81. The molecule has 0 saturated carbocycles. The fourth-order valence-corrected chi connectivity index (χ4v) is 1.84. The number of pyridine rings is 1. The Morgan fingerprint density at radius 2 is 2.21 bits per heavy atom. The van der Waals surface area contributed by atoms with Crippen molar-refractivity contribution < 1.29 is 9.90 Å². The highest BCUT2D eigenvalue weighted by atomic mass is 16.4. The van der Waals surface area contributed by atoms with Crippen LogP contribution in [0.3, 0.4) is 0 Å². The topological polar surface area (TPSA) is 92.9 Å². The van der Waals surface area contributed by atoms with Crippen LogP contribution in [0.25, 0.3) is 0 Å². The van der Waals surface area contributed by atoms with Gasteiger partial charge in [-0.1, -0.05) is 0 Å². The predicted octanol–water partition coefficient (Wildman–Crippen LogP) is 1.39. The average Bonchev–Trinajstić information content (AvgIpc) is 2.75. The Kier molecular flexibility index (Phi) is 3.46. The van der Waals surface area contributed by atoms with Gasteiger partial charge >= 0.3 is 5.97 Å². The van der Waals surface area contributed by atoms with Crippen LogP contribution in [0, 0.1) is 6.92 Å². The predicted molar refractivity (Wildman–Crippen MR) is 69.0 cm³/mol. The Morgan fingerprint density at radius 1 is 1.47 bits per heavy atom. The van der Waals surface area contributed by atoms with Crippen LogP contribution in [0.2, 0.25) is 0 Å². The maximum absolute atomic E-state index is 10.9. The zero-order valence-electron chi connectivity index (χ0n) is 11.0. The highest BCUT2D eigenvalue weighted by Crippen LogP contribution is 2.17. The highest BCUT2D eigenvalue weighted by molar-refractivity contribution is 5.89. The Morgan fingerprint density at radius 3 is 2.74 bits per heavy atom. The average molecular weight is 261 g/mol. The van der Waals surface area contributed by atoms with E-state index in [4.69, 9.17) is 5.11 Å². The molecule has 2 aromatic heterocycles. The van der Waals surface area contributed by atoms with Crippen LogP contribution < -0.4 is 5.32 Å². The number of nitrogens with zero attached hydrogens (tertiary/aromatic N) is 4. The normalized spacial score (nSPS) is 12.2. The molecule has 0 saturated heterocycles. The van der Waals surface area contributed by atoms with Crippen molar-refractivity contribution in [2.24, 2.45) is 7.05 Å². The number of carboxylic acids is 1. The molecule has 19 heavy (non-hydrogen) atoms. The molecule has 2 aromatic rings. The van der Waals surface area contributed by atoms with Gasteiger partial charge in [-0.25, -0.2) is 9.78 Å². The van der Waals surface area contributed by atoms with Gasteiger partial charge in [-0.2, -0.15) is 0 Å². The lowest BCUT2D eigenvalue weighted by molar-refractivity contribution is 0.0695. The van der Waals surface area contributed by atoms with Crippen molar-refractivity contribution in [1.82, 2.24) is 19.7 Å². The molecule has 0 aliphatic carbocycles. The number of aromatic carboxylic acids is 1.